The van der Waals surface area contributed by atoms with Gasteiger partial charge in [0, 0.05) is 26.7 Å². The number of benzene rings is 1. The lowest BCUT2D eigenvalue weighted by atomic mass is 10.2. The molecule has 3 rings (SSSR count). The second-order valence-corrected chi connectivity index (χ2v) is 5.80. The van der Waals surface area contributed by atoms with Crippen LogP contribution < -0.4 is 4.74 Å². The molecule has 7 nitrogen and oxygen atoms in total. The standard InChI is InChI=1S/C17H21N5O2/c1-21-13-19-20-17(21)16-12-22(7-9-24-16)6-3-8-23-15-5-2-4-14(10-15)11-18/h2,4-5,10,13,16H,3,6-9,12H2,1H3/t16-/m0/s1. The zero-order valence-electron chi connectivity index (χ0n) is 13.8. The molecule has 0 unspecified atom stereocenters. The zero-order valence-corrected chi connectivity index (χ0v) is 13.8. The highest BCUT2D eigenvalue weighted by Crippen LogP contribution is 2.20. The molecular formula is C17H21N5O2. The zero-order chi connectivity index (χ0) is 16.8. The summed E-state index contributed by atoms with van der Waals surface area (Å²) in [6.45, 7) is 3.99. The molecule has 1 saturated heterocycles. The minimum absolute atomic E-state index is 0.0283. The van der Waals surface area contributed by atoms with E-state index in [1.54, 1.807) is 18.5 Å². The predicted molar refractivity (Wildman–Crippen MR) is 87.4 cm³/mol. The van der Waals surface area contributed by atoms with E-state index in [-0.39, 0.29) is 6.10 Å². The topological polar surface area (TPSA) is 76.2 Å². The molecule has 0 aliphatic carbocycles. The number of aryl methyl sites for hydroxylation is 1. The Morgan fingerprint density at radius 2 is 2.38 bits per heavy atom. The highest BCUT2D eigenvalue weighted by molar-refractivity contribution is 5.36. The first-order valence-electron chi connectivity index (χ1n) is 8.07. The maximum absolute atomic E-state index is 8.89. The van der Waals surface area contributed by atoms with Gasteiger partial charge in [-0.3, -0.25) is 4.90 Å². The molecular weight excluding hydrogens is 306 g/mol. The van der Waals surface area contributed by atoms with Gasteiger partial charge in [-0.05, 0) is 24.6 Å². The fourth-order valence-corrected chi connectivity index (χ4v) is 2.78. The molecule has 1 fully saturated rings. The Bertz CT molecular complexity index is 709. The van der Waals surface area contributed by atoms with Crippen LogP contribution in [0.1, 0.15) is 23.9 Å². The van der Waals surface area contributed by atoms with Gasteiger partial charge in [-0.15, -0.1) is 10.2 Å². The van der Waals surface area contributed by atoms with Crippen molar-refractivity contribution in [3.8, 4) is 11.8 Å². The molecule has 2 aromatic rings. The summed E-state index contributed by atoms with van der Waals surface area (Å²) in [7, 11) is 1.93. The molecule has 1 aliphatic heterocycles. The number of rotatable bonds is 6. The molecule has 2 heterocycles. The van der Waals surface area contributed by atoms with Gasteiger partial charge in [0.1, 0.15) is 18.2 Å². The molecule has 0 saturated carbocycles. The van der Waals surface area contributed by atoms with Crippen LogP contribution in [0.5, 0.6) is 5.75 Å². The number of aromatic nitrogens is 3. The lowest BCUT2D eigenvalue weighted by molar-refractivity contribution is -0.0366. The Kier molecular flexibility index (Phi) is 5.41. The number of nitriles is 1. The van der Waals surface area contributed by atoms with Crippen molar-refractivity contribution in [2.75, 3.05) is 32.8 Å². The smallest absolute Gasteiger partial charge is 0.163 e. The van der Waals surface area contributed by atoms with E-state index in [4.69, 9.17) is 14.7 Å². The number of hydrogen-bond acceptors (Lipinski definition) is 6. The summed E-state index contributed by atoms with van der Waals surface area (Å²) in [4.78, 5) is 2.36. The molecule has 0 radical (unpaired) electrons. The molecule has 0 bridgehead atoms. The van der Waals surface area contributed by atoms with Gasteiger partial charge in [-0.25, -0.2) is 0 Å². The number of hydrogen-bond donors (Lipinski definition) is 0. The molecule has 1 aromatic heterocycles. The molecule has 1 aliphatic rings. The monoisotopic (exact) mass is 327 g/mol. The molecule has 7 heteroatoms. The van der Waals surface area contributed by atoms with Crippen molar-refractivity contribution in [3.05, 3.63) is 42.0 Å². The van der Waals surface area contributed by atoms with Crippen molar-refractivity contribution < 1.29 is 9.47 Å². The summed E-state index contributed by atoms with van der Waals surface area (Å²) in [6.07, 6.45) is 2.59. The second kappa shape index (κ2) is 7.90. The van der Waals surface area contributed by atoms with Crippen molar-refractivity contribution in [1.29, 1.82) is 5.26 Å². The van der Waals surface area contributed by atoms with Crippen LogP contribution in [-0.2, 0) is 11.8 Å². The second-order valence-electron chi connectivity index (χ2n) is 5.80. The predicted octanol–water partition coefficient (Wildman–Crippen LogP) is 1.53. The van der Waals surface area contributed by atoms with Crippen molar-refractivity contribution in [2.45, 2.75) is 12.5 Å². The van der Waals surface area contributed by atoms with Crippen LogP contribution in [0.2, 0.25) is 0 Å². The van der Waals surface area contributed by atoms with Gasteiger partial charge in [0.25, 0.3) is 0 Å². The van der Waals surface area contributed by atoms with Crippen molar-refractivity contribution in [1.82, 2.24) is 19.7 Å². The van der Waals surface area contributed by atoms with Crippen molar-refractivity contribution in [2.24, 2.45) is 7.05 Å². The SMILES string of the molecule is Cn1cnnc1[C@@H]1CN(CCCOc2cccc(C#N)c2)CCO1. The van der Waals surface area contributed by atoms with Crippen LogP contribution in [0, 0.1) is 11.3 Å². The van der Waals surface area contributed by atoms with Gasteiger partial charge in [0.2, 0.25) is 0 Å². The number of ether oxygens (including phenoxy) is 2. The van der Waals surface area contributed by atoms with Crippen LogP contribution in [-0.4, -0.2) is 52.5 Å². The average Bonchev–Trinajstić information content (AvgIpc) is 3.05. The van der Waals surface area contributed by atoms with E-state index < -0.39 is 0 Å². The van der Waals surface area contributed by atoms with Crippen LogP contribution in [0.4, 0.5) is 0 Å². The summed E-state index contributed by atoms with van der Waals surface area (Å²) in [5.41, 5.74) is 0.618. The van der Waals surface area contributed by atoms with Crippen molar-refractivity contribution in [3.63, 3.8) is 0 Å². The summed E-state index contributed by atoms with van der Waals surface area (Å²) >= 11 is 0. The van der Waals surface area contributed by atoms with E-state index in [2.05, 4.69) is 21.2 Å². The Balaban J connectivity index is 1.43. The molecule has 126 valence electrons. The lowest BCUT2D eigenvalue weighted by Gasteiger charge is -2.32. The quantitative estimate of drug-likeness (QED) is 0.749. The van der Waals surface area contributed by atoms with Crippen LogP contribution in [0.15, 0.2) is 30.6 Å². The first-order chi connectivity index (χ1) is 11.8. The van der Waals surface area contributed by atoms with Crippen LogP contribution in [0.25, 0.3) is 0 Å². The molecule has 1 atom stereocenters. The van der Waals surface area contributed by atoms with E-state index in [0.29, 0.717) is 18.8 Å². The van der Waals surface area contributed by atoms with Crippen LogP contribution >= 0.6 is 0 Å². The number of nitrogens with zero attached hydrogens (tertiary/aromatic N) is 5. The first-order valence-corrected chi connectivity index (χ1v) is 8.07. The molecule has 0 spiro atoms. The highest BCUT2D eigenvalue weighted by Gasteiger charge is 2.25. The van der Waals surface area contributed by atoms with Gasteiger partial charge in [0.05, 0.1) is 24.8 Å². The largest absolute Gasteiger partial charge is 0.494 e. The summed E-state index contributed by atoms with van der Waals surface area (Å²) in [5.74, 6) is 1.61. The Morgan fingerprint density at radius 3 is 3.17 bits per heavy atom. The van der Waals surface area contributed by atoms with Crippen LogP contribution in [0.3, 0.4) is 0 Å². The Morgan fingerprint density at radius 1 is 1.46 bits per heavy atom. The van der Waals surface area contributed by atoms with Gasteiger partial charge in [-0.1, -0.05) is 6.07 Å². The molecule has 0 amide bonds. The third-order valence-electron chi connectivity index (χ3n) is 4.04. The Hall–Kier alpha value is -2.43. The summed E-state index contributed by atoms with van der Waals surface area (Å²) < 4.78 is 13.4. The minimum Gasteiger partial charge on any atom is -0.494 e. The fraction of sp³-hybridized carbons (Fsp3) is 0.471. The molecule has 1 aromatic carbocycles. The summed E-state index contributed by atoms with van der Waals surface area (Å²) in [6, 6.07) is 9.36. The maximum atomic E-state index is 8.89. The summed E-state index contributed by atoms with van der Waals surface area (Å²) in [5, 5.41) is 16.9. The first kappa shape index (κ1) is 16.4. The van der Waals surface area contributed by atoms with Gasteiger partial charge >= 0.3 is 0 Å². The van der Waals surface area contributed by atoms with Gasteiger partial charge in [-0.2, -0.15) is 5.26 Å². The van der Waals surface area contributed by atoms with E-state index in [9.17, 15) is 0 Å². The number of morpholine rings is 1. The lowest BCUT2D eigenvalue weighted by Crippen LogP contribution is -2.40. The fourth-order valence-electron chi connectivity index (χ4n) is 2.78. The van der Waals surface area contributed by atoms with Gasteiger partial charge < -0.3 is 14.0 Å². The third kappa shape index (κ3) is 4.10. The average molecular weight is 327 g/mol. The van der Waals surface area contributed by atoms with E-state index in [1.807, 2.05) is 23.7 Å². The van der Waals surface area contributed by atoms with Crippen molar-refractivity contribution >= 4 is 0 Å². The third-order valence-corrected chi connectivity index (χ3v) is 4.04. The molecule has 24 heavy (non-hydrogen) atoms. The van der Waals surface area contributed by atoms with E-state index in [0.717, 1.165) is 37.6 Å². The minimum atomic E-state index is -0.0283. The van der Waals surface area contributed by atoms with E-state index in [1.165, 1.54) is 0 Å². The molecule has 0 N–H and O–H groups in total. The normalized spacial score (nSPS) is 18.2. The highest BCUT2D eigenvalue weighted by atomic mass is 16.5. The Labute approximate surface area is 141 Å². The maximum Gasteiger partial charge on any atom is 0.163 e. The van der Waals surface area contributed by atoms with Gasteiger partial charge in [0.15, 0.2) is 5.82 Å². The van der Waals surface area contributed by atoms with E-state index >= 15 is 0 Å².